The number of aromatic nitrogens is 2. The zero-order valence-electron chi connectivity index (χ0n) is 12.7. The van der Waals surface area contributed by atoms with Crippen LogP contribution in [0.3, 0.4) is 0 Å². The van der Waals surface area contributed by atoms with Gasteiger partial charge in [0.15, 0.2) is 0 Å². The van der Waals surface area contributed by atoms with Crippen LogP contribution in [0.15, 0.2) is 42.7 Å². The highest BCUT2D eigenvalue weighted by Crippen LogP contribution is 2.25. The standard InChI is InChI=1S/C17H24N4/c1-2-20(16-8-9-16)11-10-18-12-15-13-19-21(14-15)17-6-4-3-5-7-17/h3-7,13-14,16,18H,2,8-12H2,1H3. The van der Waals surface area contributed by atoms with Gasteiger partial charge in [0.25, 0.3) is 0 Å². The van der Waals surface area contributed by atoms with Gasteiger partial charge in [0.1, 0.15) is 0 Å². The normalized spacial score (nSPS) is 14.8. The maximum absolute atomic E-state index is 4.42. The fraction of sp³-hybridized carbons (Fsp3) is 0.471. The average molecular weight is 284 g/mol. The first kappa shape index (κ1) is 14.3. The molecular weight excluding hydrogens is 260 g/mol. The molecule has 0 bridgehead atoms. The summed E-state index contributed by atoms with van der Waals surface area (Å²) < 4.78 is 1.93. The third-order valence-corrected chi connectivity index (χ3v) is 4.03. The van der Waals surface area contributed by atoms with Gasteiger partial charge in [-0.1, -0.05) is 25.1 Å². The largest absolute Gasteiger partial charge is 0.311 e. The van der Waals surface area contributed by atoms with Gasteiger partial charge in [-0.3, -0.25) is 4.90 Å². The molecule has 4 heteroatoms. The van der Waals surface area contributed by atoms with E-state index in [0.717, 1.165) is 37.9 Å². The summed E-state index contributed by atoms with van der Waals surface area (Å²) in [5.41, 5.74) is 2.34. The first-order valence-corrected chi connectivity index (χ1v) is 7.90. The predicted octanol–water partition coefficient (Wildman–Crippen LogP) is 2.45. The molecule has 1 aromatic heterocycles. The molecule has 3 rings (SSSR count). The molecule has 0 atom stereocenters. The van der Waals surface area contributed by atoms with Gasteiger partial charge >= 0.3 is 0 Å². The molecule has 21 heavy (non-hydrogen) atoms. The number of nitrogens with one attached hydrogen (secondary N) is 1. The van der Waals surface area contributed by atoms with Crippen LogP contribution in [-0.4, -0.2) is 40.4 Å². The van der Waals surface area contributed by atoms with E-state index in [2.05, 4.69) is 40.6 Å². The van der Waals surface area contributed by atoms with Crippen LogP contribution in [0.2, 0.25) is 0 Å². The molecular formula is C17H24N4. The number of nitrogens with zero attached hydrogens (tertiary/aromatic N) is 3. The van der Waals surface area contributed by atoms with E-state index < -0.39 is 0 Å². The SMILES string of the molecule is CCN(CCNCc1cnn(-c2ccccc2)c1)C1CC1. The number of benzene rings is 1. The molecule has 1 aromatic carbocycles. The van der Waals surface area contributed by atoms with Gasteiger partial charge < -0.3 is 5.32 Å². The molecule has 0 spiro atoms. The first-order chi connectivity index (χ1) is 10.4. The number of hydrogen-bond donors (Lipinski definition) is 1. The van der Waals surface area contributed by atoms with Crippen molar-refractivity contribution in [2.75, 3.05) is 19.6 Å². The Morgan fingerprint density at radius 2 is 2.10 bits per heavy atom. The Morgan fingerprint density at radius 3 is 2.81 bits per heavy atom. The first-order valence-electron chi connectivity index (χ1n) is 7.90. The van der Waals surface area contributed by atoms with Crippen LogP contribution >= 0.6 is 0 Å². The van der Waals surface area contributed by atoms with Crippen molar-refractivity contribution < 1.29 is 0 Å². The van der Waals surface area contributed by atoms with Crippen LogP contribution in [0.1, 0.15) is 25.3 Å². The molecule has 1 aliphatic rings. The molecule has 112 valence electrons. The van der Waals surface area contributed by atoms with E-state index in [4.69, 9.17) is 0 Å². The molecule has 1 N–H and O–H groups in total. The Hall–Kier alpha value is -1.65. The minimum atomic E-state index is 0.859. The monoisotopic (exact) mass is 284 g/mol. The fourth-order valence-corrected chi connectivity index (χ4v) is 2.67. The lowest BCUT2D eigenvalue weighted by Crippen LogP contribution is -2.33. The molecule has 1 saturated carbocycles. The second-order valence-corrected chi connectivity index (χ2v) is 5.67. The molecule has 0 amide bonds. The number of rotatable bonds is 8. The third-order valence-electron chi connectivity index (χ3n) is 4.03. The van der Waals surface area contributed by atoms with Gasteiger partial charge in [-0.15, -0.1) is 0 Å². The molecule has 4 nitrogen and oxygen atoms in total. The van der Waals surface area contributed by atoms with Crippen LogP contribution in [-0.2, 0) is 6.54 Å². The minimum Gasteiger partial charge on any atom is -0.311 e. The van der Waals surface area contributed by atoms with Gasteiger partial charge in [0, 0.05) is 37.4 Å². The second kappa shape index (κ2) is 6.87. The van der Waals surface area contributed by atoms with E-state index >= 15 is 0 Å². The van der Waals surface area contributed by atoms with E-state index in [0.29, 0.717) is 0 Å². The van der Waals surface area contributed by atoms with E-state index in [1.165, 1.54) is 18.4 Å². The maximum Gasteiger partial charge on any atom is 0.0645 e. The van der Waals surface area contributed by atoms with Crippen molar-refractivity contribution in [3.8, 4) is 5.69 Å². The van der Waals surface area contributed by atoms with E-state index in [1.807, 2.05) is 29.1 Å². The van der Waals surface area contributed by atoms with Gasteiger partial charge in [0.05, 0.1) is 11.9 Å². The Bertz CT molecular complexity index is 545. The zero-order chi connectivity index (χ0) is 14.5. The van der Waals surface area contributed by atoms with Crippen LogP contribution in [0.25, 0.3) is 5.69 Å². The van der Waals surface area contributed by atoms with Crippen molar-refractivity contribution >= 4 is 0 Å². The highest BCUT2D eigenvalue weighted by atomic mass is 15.3. The Morgan fingerprint density at radius 1 is 1.29 bits per heavy atom. The van der Waals surface area contributed by atoms with Gasteiger partial charge in [-0.2, -0.15) is 5.10 Å². The third kappa shape index (κ3) is 3.93. The van der Waals surface area contributed by atoms with Crippen LogP contribution < -0.4 is 5.32 Å². The topological polar surface area (TPSA) is 33.1 Å². The average Bonchev–Trinajstić information content (AvgIpc) is 3.26. The zero-order valence-corrected chi connectivity index (χ0v) is 12.7. The number of likely N-dealkylation sites (N-methyl/N-ethyl adjacent to an activating group) is 1. The summed E-state index contributed by atoms with van der Waals surface area (Å²) in [6.45, 7) is 6.49. The van der Waals surface area contributed by atoms with Crippen LogP contribution in [0.5, 0.6) is 0 Å². The van der Waals surface area contributed by atoms with Crippen molar-refractivity contribution in [1.29, 1.82) is 0 Å². The Labute approximate surface area is 126 Å². The Kier molecular flexibility index (Phi) is 4.68. The number of para-hydroxylation sites is 1. The molecule has 1 aliphatic carbocycles. The van der Waals surface area contributed by atoms with E-state index in [-0.39, 0.29) is 0 Å². The molecule has 1 heterocycles. The van der Waals surface area contributed by atoms with Crippen molar-refractivity contribution in [2.24, 2.45) is 0 Å². The highest BCUT2D eigenvalue weighted by Gasteiger charge is 2.26. The lowest BCUT2D eigenvalue weighted by Gasteiger charge is -2.19. The van der Waals surface area contributed by atoms with Crippen molar-refractivity contribution in [2.45, 2.75) is 32.4 Å². The minimum absolute atomic E-state index is 0.859. The van der Waals surface area contributed by atoms with Crippen molar-refractivity contribution in [1.82, 2.24) is 20.0 Å². The molecule has 1 fully saturated rings. The molecule has 0 unspecified atom stereocenters. The summed E-state index contributed by atoms with van der Waals surface area (Å²) in [6.07, 6.45) is 6.81. The summed E-state index contributed by atoms with van der Waals surface area (Å²) in [6, 6.07) is 11.1. The summed E-state index contributed by atoms with van der Waals surface area (Å²) in [4.78, 5) is 2.57. The second-order valence-electron chi connectivity index (χ2n) is 5.67. The number of hydrogen-bond acceptors (Lipinski definition) is 3. The Balaban J connectivity index is 1.44. The maximum atomic E-state index is 4.42. The summed E-state index contributed by atoms with van der Waals surface area (Å²) in [7, 11) is 0. The van der Waals surface area contributed by atoms with Crippen molar-refractivity contribution in [3.63, 3.8) is 0 Å². The van der Waals surface area contributed by atoms with Crippen molar-refractivity contribution in [3.05, 3.63) is 48.3 Å². The molecule has 0 radical (unpaired) electrons. The summed E-state index contributed by atoms with van der Waals surface area (Å²) >= 11 is 0. The summed E-state index contributed by atoms with van der Waals surface area (Å²) in [5, 5.41) is 7.94. The lowest BCUT2D eigenvalue weighted by molar-refractivity contribution is 0.277. The van der Waals surface area contributed by atoms with E-state index in [9.17, 15) is 0 Å². The highest BCUT2D eigenvalue weighted by molar-refractivity contribution is 5.30. The smallest absolute Gasteiger partial charge is 0.0645 e. The van der Waals surface area contributed by atoms with Crippen LogP contribution in [0, 0.1) is 0 Å². The lowest BCUT2D eigenvalue weighted by atomic mass is 10.3. The van der Waals surface area contributed by atoms with Gasteiger partial charge in [-0.05, 0) is 31.5 Å². The molecule has 0 aliphatic heterocycles. The van der Waals surface area contributed by atoms with E-state index in [1.54, 1.807) is 0 Å². The molecule has 2 aromatic rings. The predicted molar refractivity (Wildman–Crippen MR) is 85.5 cm³/mol. The summed E-state index contributed by atoms with van der Waals surface area (Å²) in [5.74, 6) is 0. The molecule has 0 saturated heterocycles. The van der Waals surface area contributed by atoms with Crippen LogP contribution in [0.4, 0.5) is 0 Å². The quantitative estimate of drug-likeness (QED) is 0.756. The van der Waals surface area contributed by atoms with Gasteiger partial charge in [0.2, 0.25) is 0 Å². The fourth-order valence-electron chi connectivity index (χ4n) is 2.67. The van der Waals surface area contributed by atoms with Gasteiger partial charge in [-0.25, -0.2) is 4.68 Å².